The predicted molar refractivity (Wildman–Crippen MR) is 93.9 cm³/mol. The van der Waals surface area contributed by atoms with Crippen molar-refractivity contribution in [3.05, 3.63) is 47.7 Å². The van der Waals surface area contributed by atoms with Crippen molar-refractivity contribution in [1.29, 1.82) is 0 Å². The molecule has 10 heteroatoms. The third kappa shape index (κ3) is 5.33. The standard InChI is InChI=1S/C19H19F4N3O3/c1-10(16-7-25-17(8-24-16)29-9-19(21,22)23)26-18(27)14-6-13(14)12-4-3-11(28-2)5-15(12)20/h3-5,7-8,10,13-14H,6,9H2,1-2H3,(H,26,27)/t10-,13?,14?/m1/s1. The Balaban J connectivity index is 1.55. The lowest BCUT2D eigenvalue weighted by molar-refractivity contribution is -0.154. The Hall–Kier alpha value is -2.91. The maximum absolute atomic E-state index is 14.2. The zero-order valence-electron chi connectivity index (χ0n) is 15.7. The minimum atomic E-state index is -4.47. The van der Waals surface area contributed by atoms with Crippen LogP contribution in [0.3, 0.4) is 0 Å². The number of hydrogen-bond acceptors (Lipinski definition) is 5. The van der Waals surface area contributed by atoms with E-state index in [-0.39, 0.29) is 23.6 Å². The van der Waals surface area contributed by atoms with Crippen LogP contribution in [0.4, 0.5) is 17.6 Å². The summed E-state index contributed by atoms with van der Waals surface area (Å²) in [4.78, 5) is 20.2. The quantitative estimate of drug-likeness (QED) is 0.703. The number of alkyl halides is 3. The molecule has 3 atom stereocenters. The molecule has 1 aromatic carbocycles. The minimum Gasteiger partial charge on any atom is -0.497 e. The van der Waals surface area contributed by atoms with Gasteiger partial charge in [0.2, 0.25) is 11.8 Å². The maximum Gasteiger partial charge on any atom is 0.422 e. The molecule has 1 heterocycles. The van der Waals surface area contributed by atoms with Crippen LogP contribution in [-0.4, -0.2) is 35.8 Å². The van der Waals surface area contributed by atoms with Gasteiger partial charge >= 0.3 is 6.18 Å². The van der Waals surface area contributed by atoms with E-state index in [1.165, 1.54) is 19.4 Å². The van der Waals surface area contributed by atoms with Crippen LogP contribution in [-0.2, 0) is 4.79 Å². The summed E-state index contributed by atoms with van der Waals surface area (Å²) in [5, 5.41) is 2.77. The summed E-state index contributed by atoms with van der Waals surface area (Å²) in [5.41, 5.74) is 0.829. The first-order chi connectivity index (χ1) is 13.7. The summed E-state index contributed by atoms with van der Waals surface area (Å²) in [5.74, 6) is -1.10. The van der Waals surface area contributed by atoms with E-state index in [9.17, 15) is 22.4 Å². The van der Waals surface area contributed by atoms with Crippen molar-refractivity contribution in [2.45, 2.75) is 31.5 Å². The highest BCUT2D eigenvalue weighted by molar-refractivity contribution is 5.83. The van der Waals surface area contributed by atoms with E-state index in [1.54, 1.807) is 19.1 Å². The molecule has 0 spiro atoms. The minimum absolute atomic E-state index is 0.211. The van der Waals surface area contributed by atoms with E-state index >= 15 is 0 Å². The summed E-state index contributed by atoms with van der Waals surface area (Å²) in [6.45, 7) is 0.210. The normalized spacial score (nSPS) is 19.4. The lowest BCUT2D eigenvalue weighted by Gasteiger charge is -2.14. The molecule has 156 valence electrons. The van der Waals surface area contributed by atoms with Gasteiger partial charge in [-0.25, -0.2) is 9.37 Å². The van der Waals surface area contributed by atoms with Crippen LogP contribution in [0.2, 0.25) is 0 Å². The predicted octanol–water partition coefficient (Wildman–Crippen LogP) is 3.55. The molecule has 0 radical (unpaired) electrons. The molecule has 0 aliphatic heterocycles. The van der Waals surface area contributed by atoms with Gasteiger partial charge in [0.1, 0.15) is 11.6 Å². The summed E-state index contributed by atoms with van der Waals surface area (Å²) >= 11 is 0. The summed E-state index contributed by atoms with van der Waals surface area (Å²) in [6, 6.07) is 4.02. The van der Waals surface area contributed by atoms with Gasteiger partial charge in [0.05, 0.1) is 31.2 Å². The second-order valence-corrected chi connectivity index (χ2v) is 6.75. The molecule has 1 aromatic heterocycles. The molecule has 0 saturated heterocycles. The number of carbonyl (C=O) groups is 1. The smallest absolute Gasteiger partial charge is 0.422 e. The van der Waals surface area contributed by atoms with Crippen molar-refractivity contribution in [3.8, 4) is 11.6 Å². The Labute approximate surface area is 164 Å². The van der Waals surface area contributed by atoms with Crippen LogP contribution in [0.5, 0.6) is 11.6 Å². The molecule has 1 N–H and O–H groups in total. The molecule has 1 amide bonds. The number of carbonyl (C=O) groups excluding carboxylic acids is 1. The topological polar surface area (TPSA) is 73.3 Å². The van der Waals surface area contributed by atoms with Crippen LogP contribution in [0.1, 0.15) is 36.6 Å². The van der Waals surface area contributed by atoms with Crippen molar-refractivity contribution < 1.29 is 31.8 Å². The molecule has 2 aromatic rings. The highest BCUT2D eigenvalue weighted by Crippen LogP contribution is 2.49. The van der Waals surface area contributed by atoms with Gasteiger partial charge in [0.25, 0.3) is 0 Å². The van der Waals surface area contributed by atoms with Crippen molar-refractivity contribution in [2.24, 2.45) is 5.92 Å². The van der Waals surface area contributed by atoms with E-state index in [1.807, 2.05) is 0 Å². The van der Waals surface area contributed by atoms with Gasteiger partial charge < -0.3 is 14.8 Å². The van der Waals surface area contributed by atoms with Crippen molar-refractivity contribution in [1.82, 2.24) is 15.3 Å². The number of nitrogens with one attached hydrogen (secondary N) is 1. The molecule has 1 aliphatic carbocycles. The Morgan fingerprint density at radius 3 is 2.66 bits per heavy atom. The molecule has 1 aliphatic rings. The molecule has 0 bridgehead atoms. The van der Waals surface area contributed by atoms with Gasteiger partial charge in [-0.15, -0.1) is 0 Å². The number of amides is 1. The average Bonchev–Trinajstić information content (AvgIpc) is 3.46. The van der Waals surface area contributed by atoms with E-state index in [0.717, 1.165) is 6.20 Å². The number of ether oxygens (including phenoxy) is 2. The Bertz CT molecular complexity index is 874. The van der Waals surface area contributed by atoms with Crippen LogP contribution >= 0.6 is 0 Å². The monoisotopic (exact) mass is 413 g/mol. The van der Waals surface area contributed by atoms with Gasteiger partial charge in [-0.05, 0) is 30.9 Å². The fourth-order valence-electron chi connectivity index (χ4n) is 2.94. The van der Waals surface area contributed by atoms with Crippen LogP contribution < -0.4 is 14.8 Å². The van der Waals surface area contributed by atoms with Gasteiger partial charge in [-0.2, -0.15) is 13.2 Å². The molecule has 1 fully saturated rings. The number of halogens is 4. The molecule has 1 saturated carbocycles. The van der Waals surface area contributed by atoms with Crippen LogP contribution in [0, 0.1) is 11.7 Å². The van der Waals surface area contributed by atoms with Crippen LogP contribution in [0.15, 0.2) is 30.6 Å². The van der Waals surface area contributed by atoms with Crippen molar-refractivity contribution >= 4 is 5.91 Å². The van der Waals surface area contributed by atoms with Gasteiger partial charge in [0.15, 0.2) is 6.61 Å². The Morgan fingerprint density at radius 2 is 2.07 bits per heavy atom. The van der Waals surface area contributed by atoms with Gasteiger partial charge in [-0.1, -0.05) is 6.07 Å². The van der Waals surface area contributed by atoms with Gasteiger partial charge in [-0.3, -0.25) is 9.78 Å². The highest BCUT2D eigenvalue weighted by Gasteiger charge is 2.45. The first-order valence-corrected chi connectivity index (χ1v) is 8.83. The Kier molecular flexibility index (Phi) is 5.90. The lowest BCUT2D eigenvalue weighted by atomic mass is 10.1. The summed E-state index contributed by atoms with van der Waals surface area (Å²) in [6.07, 6.45) is -1.63. The largest absolute Gasteiger partial charge is 0.497 e. The zero-order chi connectivity index (χ0) is 21.2. The fraction of sp³-hybridized carbons (Fsp3) is 0.421. The average molecular weight is 413 g/mol. The van der Waals surface area contributed by atoms with Crippen molar-refractivity contribution in [2.75, 3.05) is 13.7 Å². The van der Waals surface area contributed by atoms with Gasteiger partial charge in [0, 0.05) is 12.0 Å². The highest BCUT2D eigenvalue weighted by atomic mass is 19.4. The lowest BCUT2D eigenvalue weighted by Crippen LogP contribution is -2.29. The van der Waals surface area contributed by atoms with Crippen molar-refractivity contribution in [3.63, 3.8) is 0 Å². The van der Waals surface area contributed by atoms with E-state index in [4.69, 9.17) is 4.74 Å². The SMILES string of the molecule is COc1ccc(C2CC2C(=O)N[C@H](C)c2cnc(OCC(F)(F)F)cn2)c(F)c1. The zero-order valence-corrected chi connectivity index (χ0v) is 15.7. The molecule has 3 rings (SSSR count). The summed E-state index contributed by atoms with van der Waals surface area (Å²) < 4.78 is 60.0. The number of rotatable bonds is 7. The molecule has 29 heavy (non-hydrogen) atoms. The number of hydrogen-bond donors (Lipinski definition) is 1. The van der Waals surface area contributed by atoms with E-state index in [0.29, 0.717) is 23.4 Å². The number of benzene rings is 1. The third-order valence-corrected chi connectivity index (χ3v) is 4.57. The van der Waals surface area contributed by atoms with E-state index in [2.05, 4.69) is 20.0 Å². The molecule has 6 nitrogen and oxygen atoms in total. The second-order valence-electron chi connectivity index (χ2n) is 6.75. The number of nitrogens with zero attached hydrogens (tertiary/aromatic N) is 2. The second kappa shape index (κ2) is 8.22. The molecule has 2 unspecified atom stereocenters. The fourth-order valence-corrected chi connectivity index (χ4v) is 2.94. The number of methoxy groups -OCH3 is 1. The third-order valence-electron chi connectivity index (χ3n) is 4.57. The van der Waals surface area contributed by atoms with E-state index < -0.39 is 24.6 Å². The number of aromatic nitrogens is 2. The first-order valence-electron chi connectivity index (χ1n) is 8.83. The Morgan fingerprint density at radius 1 is 1.31 bits per heavy atom. The molecular formula is C19H19F4N3O3. The maximum atomic E-state index is 14.2. The summed E-state index contributed by atoms with van der Waals surface area (Å²) in [7, 11) is 1.45. The molecular weight excluding hydrogens is 394 g/mol. The van der Waals surface area contributed by atoms with Crippen LogP contribution in [0.25, 0.3) is 0 Å². The first kappa shape index (κ1) is 20.8.